The van der Waals surface area contributed by atoms with Crippen molar-refractivity contribution in [1.82, 2.24) is 15.1 Å². The van der Waals surface area contributed by atoms with E-state index in [0.29, 0.717) is 11.5 Å². The molecule has 3 heteroatoms. The molecule has 1 aromatic rings. The van der Waals surface area contributed by atoms with Gasteiger partial charge >= 0.3 is 0 Å². The molecule has 0 aliphatic heterocycles. The van der Waals surface area contributed by atoms with E-state index in [-0.39, 0.29) is 0 Å². The van der Waals surface area contributed by atoms with Crippen LogP contribution in [0.15, 0.2) is 6.20 Å². The maximum absolute atomic E-state index is 4.40. The van der Waals surface area contributed by atoms with Gasteiger partial charge in [0, 0.05) is 24.3 Å². The topological polar surface area (TPSA) is 29.9 Å². The maximum atomic E-state index is 4.40. The van der Waals surface area contributed by atoms with Crippen LogP contribution in [0.5, 0.6) is 0 Å². The van der Waals surface area contributed by atoms with Gasteiger partial charge in [-0.15, -0.1) is 0 Å². The molecule has 17 heavy (non-hydrogen) atoms. The summed E-state index contributed by atoms with van der Waals surface area (Å²) in [6.45, 7) is 5.91. The number of nitrogens with one attached hydrogen (secondary N) is 1. The molecule has 2 aliphatic rings. The van der Waals surface area contributed by atoms with Crippen LogP contribution in [0, 0.1) is 11.3 Å². The van der Waals surface area contributed by atoms with Crippen molar-refractivity contribution in [2.45, 2.75) is 45.6 Å². The molecule has 2 atom stereocenters. The number of nitrogens with zero attached hydrogens (tertiary/aromatic N) is 2. The predicted octanol–water partition coefficient (Wildman–Crippen LogP) is 2.43. The summed E-state index contributed by atoms with van der Waals surface area (Å²) >= 11 is 0. The SMILES string of the molecule is Cn1ncc2c1CCCC2NCC1CC1(C)C. The van der Waals surface area contributed by atoms with Gasteiger partial charge in [0.2, 0.25) is 0 Å². The van der Waals surface area contributed by atoms with E-state index in [1.165, 1.54) is 43.5 Å². The average Bonchev–Trinajstić information content (AvgIpc) is 2.71. The molecule has 1 heterocycles. The second-order valence-corrected chi connectivity index (χ2v) is 6.41. The lowest BCUT2D eigenvalue weighted by molar-refractivity contribution is 0.423. The first kappa shape index (κ1) is 11.3. The Balaban J connectivity index is 1.65. The first-order valence-electron chi connectivity index (χ1n) is 6.82. The number of hydrogen-bond acceptors (Lipinski definition) is 2. The van der Waals surface area contributed by atoms with Gasteiger partial charge in [-0.1, -0.05) is 13.8 Å². The Kier molecular flexibility index (Phi) is 2.54. The normalized spacial score (nSPS) is 30.1. The Hall–Kier alpha value is -0.830. The molecule has 3 nitrogen and oxygen atoms in total. The Bertz CT molecular complexity index is 419. The molecule has 0 saturated heterocycles. The molecule has 0 spiro atoms. The third kappa shape index (κ3) is 2.01. The zero-order valence-electron chi connectivity index (χ0n) is 11.2. The van der Waals surface area contributed by atoms with Crippen LogP contribution in [0.4, 0.5) is 0 Å². The van der Waals surface area contributed by atoms with Crippen molar-refractivity contribution in [2.75, 3.05) is 6.54 Å². The van der Waals surface area contributed by atoms with Crippen LogP contribution in [-0.4, -0.2) is 16.3 Å². The smallest absolute Gasteiger partial charge is 0.0540 e. The summed E-state index contributed by atoms with van der Waals surface area (Å²) in [4.78, 5) is 0. The fraction of sp³-hybridized carbons (Fsp3) is 0.786. The zero-order chi connectivity index (χ0) is 12.0. The minimum Gasteiger partial charge on any atom is -0.310 e. The number of aryl methyl sites for hydroxylation is 1. The summed E-state index contributed by atoms with van der Waals surface area (Å²) in [5.74, 6) is 0.879. The van der Waals surface area contributed by atoms with Crippen LogP contribution in [0.2, 0.25) is 0 Å². The van der Waals surface area contributed by atoms with E-state index in [1.54, 1.807) is 0 Å². The molecule has 1 aromatic heterocycles. The van der Waals surface area contributed by atoms with Gasteiger partial charge in [0.25, 0.3) is 0 Å². The van der Waals surface area contributed by atoms with E-state index in [4.69, 9.17) is 0 Å². The van der Waals surface area contributed by atoms with Crippen LogP contribution in [-0.2, 0) is 13.5 Å². The summed E-state index contributed by atoms with van der Waals surface area (Å²) in [6.07, 6.45) is 7.19. The number of rotatable bonds is 3. The van der Waals surface area contributed by atoms with E-state index in [1.807, 2.05) is 4.68 Å². The summed E-state index contributed by atoms with van der Waals surface area (Å²) in [5.41, 5.74) is 3.46. The summed E-state index contributed by atoms with van der Waals surface area (Å²) in [5, 5.41) is 8.15. The molecule has 2 unspecified atom stereocenters. The van der Waals surface area contributed by atoms with Gasteiger partial charge in [-0.05, 0) is 43.6 Å². The number of hydrogen-bond donors (Lipinski definition) is 1. The van der Waals surface area contributed by atoms with Gasteiger partial charge in [0.1, 0.15) is 0 Å². The van der Waals surface area contributed by atoms with Gasteiger partial charge in [-0.2, -0.15) is 5.10 Å². The molecule has 0 aromatic carbocycles. The van der Waals surface area contributed by atoms with Gasteiger partial charge in [0.15, 0.2) is 0 Å². The average molecular weight is 233 g/mol. The van der Waals surface area contributed by atoms with Crippen LogP contribution < -0.4 is 5.32 Å². The second-order valence-electron chi connectivity index (χ2n) is 6.41. The molecule has 0 amide bonds. The lowest BCUT2D eigenvalue weighted by Gasteiger charge is -2.24. The fourth-order valence-corrected chi connectivity index (χ4v) is 3.13. The van der Waals surface area contributed by atoms with E-state index >= 15 is 0 Å². The van der Waals surface area contributed by atoms with E-state index in [2.05, 4.69) is 37.5 Å². The Morgan fingerprint density at radius 2 is 2.29 bits per heavy atom. The van der Waals surface area contributed by atoms with Crippen molar-refractivity contribution < 1.29 is 0 Å². The molecule has 2 aliphatic carbocycles. The van der Waals surface area contributed by atoms with E-state index in [0.717, 1.165) is 5.92 Å². The lowest BCUT2D eigenvalue weighted by atomic mass is 9.93. The molecule has 1 fully saturated rings. The van der Waals surface area contributed by atoms with Crippen LogP contribution in [0.1, 0.15) is 50.4 Å². The van der Waals surface area contributed by atoms with Crippen molar-refractivity contribution in [1.29, 1.82) is 0 Å². The Morgan fingerprint density at radius 3 is 3.00 bits per heavy atom. The third-order valence-corrected chi connectivity index (χ3v) is 4.70. The Morgan fingerprint density at radius 1 is 1.53 bits per heavy atom. The molecule has 3 rings (SSSR count). The van der Waals surface area contributed by atoms with E-state index in [9.17, 15) is 0 Å². The molecule has 94 valence electrons. The summed E-state index contributed by atoms with van der Waals surface area (Å²) in [7, 11) is 2.06. The van der Waals surface area contributed by atoms with Crippen LogP contribution >= 0.6 is 0 Å². The van der Waals surface area contributed by atoms with Crippen molar-refractivity contribution in [2.24, 2.45) is 18.4 Å². The summed E-state index contributed by atoms with van der Waals surface area (Å²) < 4.78 is 2.05. The van der Waals surface area contributed by atoms with Crippen LogP contribution in [0.25, 0.3) is 0 Å². The standard InChI is InChI=1S/C14H23N3/c1-14(2)7-10(14)8-15-12-5-4-6-13-11(12)9-16-17(13)3/h9-10,12,15H,4-8H2,1-3H3. The van der Waals surface area contributed by atoms with Gasteiger partial charge < -0.3 is 5.32 Å². The van der Waals surface area contributed by atoms with Gasteiger partial charge in [0.05, 0.1) is 6.20 Å². The predicted molar refractivity (Wildman–Crippen MR) is 68.8 cm³/mol. The quantitative estimate of drug-likeness (QED) is 0.869. The second kappa shape index (κ2) is 3.84. The van der Waals surface area contributed by atoms with Crippen LogP contribution in [0.3, 0.4) is 0 Å². The number of aromatic nitrogens is 2. The van der Waals surface area contributed by atoms with Crippen molar-refractivity contribution in [3.63, 3.8) is 0 Å². The molecular weight excluding hydrogens is 210 g/mol. The highest BCUT2D eigenvalue weighted by atomic mass is 15.3. The van der Waals surface area contributed by atoms with Crippen molar-refractivity contribution in [3.05, 3.63) is 17.5 Å². The lowest BCUT2D eigenvalue weighted by Crippen LogP contribution is -2.27. The summed E-state index contributed by atoms with van der Waals surface area (Å²) in [6, 6.07) is 0.545. The zero-order valence-corrected chi connectivity index (χ0v) is 11.2. The molecule has 1 saturated carbocycles. The Labute approximate surface area is 104 Å². The first-order chi connectivity index (χ1) is 8.08. The van der Waals surface area contributed by atoms with Crippen molar-refractivity contribution in [3.8, 4) is 0 Å². The molecule has 0 radical (unpaired) electrons. The van der Waals surface area contributed by atoms with Gasteiger partial charge in [-0.3, -0.25) is 4.68 Å². The maximum Gasteiger partial charge on any atom is 0.0540 e. The minimum absolute atomic E-state index is 0.545. The third-order valence-electron chi connectivity index (χ3n) is 4.70. The highest BCUT2D eigenvalue weighted by Gasteiger charge is 2.45. The van der Waals surface area contributed by atoms with Crippen molar-refractivity contribution >= 4 is 0 Å². The highest BCUT2D eigenvalue weighted by molar-refractivity contribution is 5.24. The minimum atomic E-state index is 0.545. The largest absolute Gasteiger partial charge is 0.310 e. The highest BCUT2D eigenvalue weighted by Crippen LogP contribution is 2.51. The fourth-order valence-electron chi connectivity index (χ4n) is 3.13. The van der Waals surface area contributed by atoms with E-state index < -0.39 is 0 Å². The molecule has 0 bridgehead atoms. The number of fused-ring (bicyclic) bond motifs is 1. The first-order valence-corrected chi connectivity index (χ1v) is 6.82. The molecule has 1 N–H and O–H groups in total. The van der Waals surface area contributed by atoms with Gasteiger partial charge in [-0.25, -0.2) is 0 Å². The molecular formula is C14H23N3. The monoisotopic (exact) mass is 233 g/mol.